The van der Waals surface area contributed by atoms with Crippen molar-refractivity contribution < 1.29 is 9.53 Å². The summed E-state index contributed by atoms with van der Waals surface area (Å²) in [6.07, 6.45) is 5.68. The first kappa shape index (κ1) is 13.9. The van der Waals surface area contributed by atoms with Crippen molar-refractivity contribution in [1.82, 2.24) is 4.90 Å². The lowest BCUT2D eigenvalue weighted by molar-refractivity contribution is 0.0259. The smallest absolute Gasteiger partial charge is 0.410 e. The van der Waals surface area contributed by atoms with E-state index in [0.717, 1.165) is 25.7 Å². The Hall–Kier alpha value is -1.50. The zero-order valence-corrected chi connectivity index (χ0v) is 12.0. The van der Waals surface area contributed by atoms with Crippen molar-refractivity contribution in [1.29, 1.82) is 5.26 Å². The minimum atomic E-state index is -0.455. The Balaban J connectivity index is 1.97. The molecule has 0 radical (unpaired) electrons. The molecule has 2 aliphatic rings. The van der Waals surface area contributed by atoms with Gasteiger partial charge >= 0.3 is 6.09 Å². The van der Waals surface area contributed by atoms with Crippen molar-refractivity contribution in [3.63, 3.8) is 0 Å². The van der Waals surface area contributed by atoms with Gasteiger partial charge in [0.1, 0.15) is 5.60 Å². The summed E-state index contributed by atoms with van der Waals surface area (Å²) in [5.41, 5.74) is 0.546. The van der Waals surface area contributed by atoms with E-state index in [9.17, 15) is 10.1 Å². The molecule has 0 atom stereocenters. The molecule has 0 unspecified atom stereocenters. The average Bonchev–Trinajstić information content (AvgIpc) is 2.27. The van der Waals surface area contributed by atoms with Crippen LogP contribution in [0.25, 0.3) is 0 Å². The van der Waals surface area contributed by atoms with Crippen LogP contribution in [-0.4, -0.2) is 29.7 Å². The Labute approximate surface area is 115 Å². The molecule has 4 nitrogen and oxygen atoms in total. The molecule has 0 spiro atoms. The second-order valence-electron chi connectivity index (χ2n) is 6.45. The van der Waals surface area contributed by atoms with E-state index in [1.165, 1.54) is 5.57 Å². The van der Waals surface area contributed by atoms with E-state index in [0.29, 0.717) is 13.1 Å². The monoisotopic (exact) mass is 262 g/mol. The maximum atomic E-state index is 11.9. The van der Waals surface area contributed by atoms with Gasteiger partial charge in [-0.2, -0.15) is 5.26 Å². The number of carbonyl (C=O) groups is 1. The lowest BCUT2D eigenvalue weighted by atomic mass is 9.64. The summed E-state index contributed by atoms with van der Waals surface area (Å²) < 4.78 is 5.36. The van der Waals surface area contributed by atoms with Crippen LogP contribution in [0.4, 0.5) is 4.79 Å². The Morgan fingerprint density at radius 1 is 1.47 bits per heavy atom. The SMILES string of the molecule is CC(C)(C)OC(=O)N1CC=C(C2(C#N)CCC2)CC1. The molecule has 0 aromatic rings. The molecule has 0 saturated heterocycles. The average molecular weight is 262 g/mol. The first-order valence-corrected chi connectivity index (χ1v) is 6.95. The zero-order valence-electron chi connectivity index (χ0n) is 12.0. The first-order valence-electron chi connectivity index (χ1n) is 6.95. The van der Waals surface area contributed by atoms with Gasteiger partial charge in [-0.05, 0) is 46.5 Å². The Bertz CT molecular complexity index is 436. The quantitative estimate of drug-likeness (QED) is 0.682. The number of rotatable bonds is 1. The highest BCUT2D eigenvalue weighted by Gasteiger charge is 2.41. The molecule has 1 aliphatic carbocycles. The second-order valence-corrected chi connectivity index (χ2v) is 6.45. The van der Waals surface area contributed by atoms with Crippen LogP contribution >= 0.6 is 0 Å². The minimum absolute atomic E-state index is 0.222. The molecule has 1 amide bonds. The number of nitrogens with zero attached hydrogens (tertiary/aromatic N) is 2. The van der Waals surface area contributed by atoms with Crippen LogP contribution in [0.15, 0.2) is 11.6 Å². The van der Waals surface area contributed by atoms with E-state index in [2.05, 4.69) is 12.1 Å². The van der Waals surface area contributed by atoms with Crippen LogP contribution in [0.5, 0.6) is 0 Å². The van der Waals surface area contributed by atoms with E-state index in [4.69, 9.17) is 4.74 Å². The molecule has 0 N–H and O–H groups in total. The fourth-order valence-corrected chi connectivity index (χ4v) is 2.63. The van der Waals surface area contributed by atoms with Crippen molar-refractivity contribution in [2.45, 2.75) is 52.1 Å². The Kier molecular flexibility index (Phi) is 3.58. The fraction of sp³-hybridized carbons (Fsp3) is 0.733. The highest BCUT2D eigenvalue weighted by atomic mass is 16.6. The molecule has 0 aromatic heterocycles. The van der Waals surface area contributed by atoms with Crippen LogP contribution in [-0.2, 0) is 4.74 Å². The molecule has 1 saturated carbocycles. The van der Waals surface area contributed by atoms with Crippen molar-refractivity contribution in [2.75, 3.05) is 13.1 Å². The van der Waals surface area contributed by atoms with Crippen molar-refractivity contribution in [3.05, 3.63) is 11.6 Å². The summed E-state index contributed by atoms with van der Waals surface area (Å²) in [5.74, 6) is 0. The third-order valence-electron chi connectivity index (χ3n) is 3.90. The number of hydrogen-bond donors (Lipinski definition) is 0. The summed E-state index contributed by atoms with van der Waals surface area (Å²) in [6, 6.07) is 2.46. The molecule has 0 bridgehead atoms. The fourth-order valence-electron chi connectivity index (χ4n) is 2.63. The van der Waals surface area contributed by atoms with Gasteiger partial charge in [0.2, 0.25) is 0 Å². The van der Waals surface area contributed by atoms with Crippen LogP contribution in [0, 0.1) is 16.7 Å². The molecular formula is C15H22N2O2. The van der Waals surface area contributed by atoms with Crippen molar-refractivity contribution in [3.8, 4) is 6.07 Å². The van der Waals surface area contributed by atoms with Gasteiger partial charge in [0.05, 0.1) is 11.5 Å². The van der Waals surface area contributed by atoms with Crippen LogP contribution in [0.2, 0.25) is 0 Å². The molecular weight excluding hydrogens is 240 g/mol. The lowest BCUT2D eigenvalue weighted by Gasteiger charge is -2.40. The third kappa shape index (κ3) is 2.91. The standard InChI is InChI=1S/C15H22N2O2/c1-14(2,3)19-13(18)17-9-5-12(6-10-17)15(11-16)7-4-8-15/h5H,4,6-10H2,1-3H3. The lowest BCUT2D eigenvalue weighted by Crippen LogP contribution is -2.41. The molecule has 1 fully saturated rings. The minimum Gasteiger partial charge on any atom is -0.444 e. The van der Waals surface area contributed by atoms with Gasteiger partial charge in [-0.25, -0.2) is 4.79 Å². The summed E-state index contributed by atoms with van der Waals surface area (Å²) >= 11 is 0. The van der Waals surface area contributed by atoms with E-state index in [-0.39, 0.29) is 11.5 Å². The van der Waals surface area contributed by atoms with E-state index >= 15 is 0 Å². The number of carbonyl (C=O) groups excluding carboxylic acids is 1. The van der Waals surface area contributed by atoms with Gasteiger partial charge in [-0.3, -0.25) is 0 Å². The van der Waals surface area contributed by atoms with Gasteiger partial charge in [0, 0.05) is 13.1 Å². The number of nitriles is 1. The van der Waals surface area contributed by atoms with Crippen LogP contribution < -0.4 is 0 Å². The molecule has 1 aliphatic heterocycles. The van der Waals surface area contributed by atoms with Gasteiger partial charge in [0.15, 0.2) is 0 Å². The maximum absolute atomic E-state index is 11.9. The molecule has 0 aromatic carbocycles. The molecule has 1 heterocycles. The van der Waals surface area contributed by atoms with E-state index in [1.54, 1.807) is 4.90 Å². The van der Waals surface area contributed by atoms with Crippen molar-refractivity contribution in [2.24, 2.45) is 5.41 Å². The molecule has 4 heteroatoms. The van der Waals surface area contributed by atoms with Gasteiger partial charge in [-0.1, -0.05) is 11.6 Å². The van der Waals surface area contributed by atoms with E-state index in [1.807, 2.05) is 20.8 Å². The maximum Gasteiger partial charge on any atom is 0.410 e. The summed E-state index contributed by atoms with van der Waals surface area (Å²) in [4.78, 5) is 13.6. The van der Waals surface area contributed by atoms with Crippen LogP contribution in [0.3, 0.4) is 0 Å². The first-order chi connectivity index (χ1) is 8.86. The van der Waals surface area contributed by atoms with E-state index < -0.39 is 5.60 Å². The normalized spacial score (nSPS) is 22.0. The zero-order chi connectivity index (χ0) is 14.1. The Morgan fingerprint density at radius 2 is 2.16 bits per heavy atom. The molecule has 19 heavy (non-hydrogen) atoms. The largest absolute Gasteiger partial charge is 0.444 e. The van der Waals surface area contributed by atoms with Crippen molar-refractivity contribution >= 4 is 6.09 Å². The highest BCUT2D eigenvalue weighted by molar-refractivity contribution is 5.68. The second kappa shape index (κ2) is 4.88. The number of ether oxygens (including phenoxy) is 1. The summed E-state index contributed by atoms with van der Waals surface area (Å²) in [5, 5.41) is 9.32. The highest BCUT2D eigenvalue weighted by Crippen LogP contribution is 2.48. The van der Waals surface area contributed by atoms with Gasteiger partial charge in [0.25, 0.3) is 0 Å². The number of amides is 1. The molecule has 104 valence electrons. The summed E-state index contributed by atoms with van der Waals surface area (Å²) in [7, 11) is 0. The summed E-state index contributed by atoms with van der Waals surface area (Å²) in [6.45, 7) is 6.83. The van der Waals surface area contributed by atoms with Gasteiger partial charge < -0.3 is 9.64 Å². The van der Waals surface area contributed by atoms with Gasteiger partial charge in [-0.15, -0.1) is 0 Å². The predicted octanol–water partition coefficient (Wildman–Crippen LogP) is 3.25. The van der Waals surface area contributed by atoms with Crippen LogP contribution in [0.1, 0.15) is 46.5 Å². The number of hydrogen-bond acceptors (Lipinski definition) is 3. The third-order valence-corrected chi connectivity index (χ3v) is 3.90. The topological polar surface area (TPSA) is 53.3 Å². The Morgan fingerprint density at radius 3 is 2.53 bits per heavy atom. The predicted molar refractivity (Wildman–Crippen MR) is 72.4 cm³/mol. The molecule has 2 rings (SSSR count).